The number of hydrogen-bond acceptors (Lipinski definition) is 5. The van der Waals surface area contributed by atoms with Crippen molar-refractivity contribution in [3.8, 4) is 0 Å². The van der Waals surface area contributed by atoms with Crippen molar-refractivity contribution < 1.29 is 5.11 Å². The molecule has 2 aliphatic rings. The summed E-state index contributed by atoms with van der Waals surface area (Å²) in [7, 11) is 1.87. The van der Waals surface area contributed by atoms with Crippen LogP contribution in [0.5, 0.6) is 0 Å². The number of anilines is 2. The van der Waals surface area contributed by atoms with E-state index >= 15 is 0 Å². The van der Waals surface area contributed by atoms with Gasteiger partial charge in [-0.05, 0) is 30.7 Å². The largest absolute Gasteiger partial charge is 0.396 e. The minimum Gasteiger partial charge on any atom is -0.396 e. The van der Waals surface area contributed by atoms with Crippen LogP contribution in [-0.4, -0.2) is 46.8 Å². The first-order valence-electron chi connectivity index (χ1n) is 7.69. The normalized spacial score (nSPS) is 25.7. The van der Waals surface area contributed by atoms with Gasteiger partial charge in [0.05, 0.1) is 5.52 Å². The molecular weight excluding hydrogens is 266 g/mol. The Balaban J connectivity index is 1.66. The molecular formula is C15H21N5O. The van der Waals surface area contributed by atoms with E-state index in [4.69, 9.17) is 0 Å². The second-order valence-electron chi connectivity index (χ2n) is 6.21. The molecule has 1 saturated carbocycles. The van der Waals surface area contributed by atoms with Crippen molar-refractivity contribution in [1.29, 1.82) is 0 Å². The van der Waals surface area contributed by atoms with Gasteiger partial charge in [0.15, 0.2) is 5.82 Å². The number of aromatic nitrogens is 3. The fourth-order valence-electron chi connectivity index (χ4n) is 3.57. The summed E-state index contributed by atoms with van der Waals surface area (Å²) >= 11 is 0. The molecule has 2 fully saturated rings. The number of H-pyrrole nitrogens is 1. The van der Waals surface area contributed by atoms with E-state index in [0.29, 0.717) is 11.8 Å². The molecule has 4 rings (SSSR count). The van der Waals surface area contributed by atoms with Gasteiger partial charge in [0.25, 0.3) is 0 Å². The average Bonchev–Trinajstić information content (AvgIpc) is 3.09. The van der Waals surface area contributed by atoms with Gasteiger partial charge in [-0.25, -0.2) is 4.98 Å². The van der Waals surface area contributed by atoms with Crippen LogP contribution in [0.15, 0.2) is 12.3 Å². The van der Waals surface area contributed by atoms with Crippen LogP contribution in [0.3, 0.4) is 0 Å². The Hall–Kier alpha value is -1.82. The van der Waals surface area contributed by atoms with Crippen molar-refractivity contribution in [3.63, 3.8) is 0 Å². The van der Waals surface area contributed by atoms with Crippen LogP contribution in [-0.2, 0) is 0 Å². The first kappa shape index (κ1) is 12.9. The molecule has 1 aliphatic heterocycles. The predicted molar refractivity (Wildman–Crippen MR) is 82.4 cm³/mol. The van der Waals surface area contributed by atoms with Gasteiger partial charge >= 0.3 is 0 Å². The number of aliphatic hydroxyl groups excluding tert-OH is 1. The molecule has 0 radical (unpaired) electrons. The Morgan fingerprint density at radius 2 is 2.24 bits per heavy atom. The fraction of sp³-hybridized carbons (Fsp3) is 0.600. The lowest BCUT2D eigenvalue weighted by atomic mass is 9.92. The third kappa shape index (κ3) is 2.14. The van der Waals surface area contributed by atoms with E-state index in [2.05, 4.69) is 25.2 Å². The predicted octanol–water partition coefficient (Wildman–Crippen LogP) is 1.45. The van der Waals surface area contributed by atoms with Gasteiger partial charge in [0, 0.05) is 38.9 Å². The van der Waals surface area contributed by atoms with Crippen LogP contribution in [0, 0.1) is 17.8 Å². The van der Waals surface area contributed by atoms with Crippen LogP contribution < -0.4 is 10.2 Å². The second kappa shape index (κ2) is 4.87. The summed E-state index contributed by atoms with van der Waals surface area (Å²) in [5, 5.41) is 12.8. The molecule has 0 aromatic carbocycles. The van der Waals surface area contributed by atoms with E-state index in [-0.39, 0.29) is 6.61 Å². The fourth-order valence-corrected chi connectivity index (χ4v) is 3.57. The van der Waals surface area contributed by atoms with Crippen LogP contribution >= 0.6 is 0 Å². The summed E-state index contributed by atoms with van der Waals surface area (Å²) in [6.45, 7) is 2.09. The number of nitrogens with zero attached hydrogens (tertiary/aromatic N) is 3. The highest BCUT2D eigenvalue weighted by Crippen LogP contribution is 2.44. The molecule has 6 heteroatoms. The summed E-state index contributed by atoms with van der Waals surface area (Å²) in [6.07, 6.45) is 4.51. The Bertz CT molecular complexity index is 651. The Morgan fingerprint density at radius 3 is 2.95 bits per heavy atom. The second-order valence-corrected chi connectivity index (χ2v) is 6.21. The minimum absolute atomic E-state index is 0.267. The Kier molecular flexibility index (Phi) is 2.99. The molecule has 2 aromatic heterocycles. The van der Waals surface area contributed by atoms with Crippen LogP contribution in [0.25, 0.3) is 11.0 Å². The molecule has 3 heterocycles. The number of aromatic amines is 1. The minimum atomic E-state index is 0.267. The van der Waals surface area contributed by atoms with Crippen LogP contribution in [0.2, 0.25) is 0 Å². The number of aliphatic hydroxyl groups is 1. The van der Waals surface area contributed by atoms with Crippen LogP contribution in [0.4, 0.5) is 11.8 Å². The number of hydrogen-bond donors (Lipinski definition) is 3. The molecule has 21 heavy (non-hydrogen) atoms. The maximum Gasteiger partial charge on any atom is 0.228 e. The summed E-state index contributed by atoms with van der Waals surface area (Å²) in [5.74, 6) is 3.36. The zero-order chi connectivity index (χ0) is 14.4. The highest BCUT2D eigenvalue weighted by Gasteiger charge is 2.42. The maximum atomic E-state index is 9.63. The lowest BCUT2D eigenvalue weighted by molar-refractivity contribution is 0.196. The summed E-state index contributed by atoms with van der Waals surface area (Å²) in [4.78, 5) is 14.7. The Morgan fingerprint density at radius 1 is 1.38 bits per heavy atom. The molecule has 112 valence electrons. The summed E-state index contributed by atoms with van der Waals surface area (Å²) < 4.78 is 0. The SMILES string of the molecule is CNc1nc(N2C[C@@H](CO)[C@H](C3CC3)C2)nc2cc[nH]c12. The monoisotopic (exact) mass is 287 g/mol. The van der Waals surface area contributed by atoms with E-state index in [0.717, 1.165) is 41.8 Å². The standard InChI is InChI=1S/C15H21N5O/c1-16-14-13-12(4-5-17-13)18-15(19-14)20-6-10(8-21)11(7-20)9-2-3-9/h4-5,9-11,17,21H,2-3,6-8H2,1H3,(H,16,18,19)/t10-,11-/m0/s1. The number of nitrogens with one attached hydrogen (secondary N) is 2. The lowest BCUT2D eigenvalue weighted by Crippen LogP contribution is -2.23. The van der Waals surface area contributed by atoms with Gasteiger partial charge < -0.3 is 20.3 Å². The quantitative estimate of drug-likeness (QED) is 0.793. The molecule has 0 bridgehead atoms. The highest BCUT2D eigenvalue weighted by atomic mass is 16.3. The average molecular weight is 287 g/mol. The Labute approximate surface area is 123 Å². The van der Waals surface area contributed by atoms with E-state index in [1.807, 2.05) is 19.3 Å². The maximum absolute atomic E-state index is 9.63. The van der Waals surface area contributed by atoms with Crippen molar-refractivity contribution in [3.05, 3.63) is 12.3 Å². The first-order valence-corrected chi connectivity index (χ1v) is 7.69. The van der Waals surface area contributed by atoms with Crippen molar-refractivity contribution in [2.24, 2.45) is 17.8 Å². The van der Waals surface area contributed by atoms with E-state index < -0.39 is 0 Å². The van der Waals surface area contributed by atoms with Gasteiger partial charge in [0.2, 0.25) is 5.95 Å². The van der Waals surface area contributed by atoms with Gasteiger partial charge in [0.1, 0.15) is 5.52 Å². The summed E-state index contributed by atoms with van der Waals surface area (Å²) in [5.41, 5.74) is 1.87. The van der Waals surface area contributed by atoms with E-state index in [1.165, 1.54) is 12.8 Å². The van der Waals surface area contributed by atoms with Crippen molar-refractivity contribution in [1.82, 2.24) is 15.0 Å². The molecule has 0 amide bonds. The van der Waals surface area contributed by atoms with Gasteiger partial charge in [-0.1, -0.05) is 0 Å². The van der Waals surface area contributed by atoms with Crippen molar-refractivity contribution in [2.45, 2.75) is 12.8 Å². The van der Waals surface area contributed by atoms with Gasteiger partial charge in [-0.3, -0.25) is 0 Å². The third-order valence-electron chi connectivity index (χ3n) is 4.87. The van der Waals surface area contributed by atoms with Gasteiger partial charge in [-0.2, -0.15) is 4.98 Å². The molecule has 0 unspecified atom stereocenters. The third-order valence-corrected chi connectivity index (χ3v) is 4.87. The highest BCUT2D eigenvalue weighted by molar-refractivity contribution is 5.86. The molecule has 0 spiro atoms. The molecule has 1 aliphatic carbocycles. The summed E-state index contributed by atoms with van der Waals surface area (Å²) in [6, 6.07) is 1.97. The zero-order valence-electron chi connectivity index (χ0n) is 12.2. The van der Waals surface area contributed by atoms with Gasteiger partial charge in [-0.15, -0.1) is 0 Å². The molecule has 2 atom stereocenters. The first-order chi connectivity index (χ1) is 10.3. The molecule has 2 aromatic rings. The molecule has 6 nitrogen and oxygen atoms in total. The molecule has 1 saturated heterocycles. The smallest absolute Gasteiger partial charge is 0.228 e. The topological polar surface area (TPSA) is 77.1 Å². The van der Waals surface area contributed by atoms with E-state index in [1.54, 1.807) is 0 Å². The van der Waals surface area contributed by atoms with E-state index in [9.17, 15) is 5.11 Å². The number of rotatable bonds is 4. The molecule has 3 N–H and O–H groups in total. The van der Waals surface area contributed by atoms with Crippen molar-refractivity contribution >= 4 is 22.8 Å². The van der Waals surface area contributed by atoms with Crippen LogP contribution in [0.1, 0.15) is 12.8 Å². The number of fused-ring (bicyclic) bond motifs is 1. The van der Waals surface area contributed by atoms with Crippen molar-refractivity contribution in [2.75, 3.05) is 37.0 Å². The zero-order valence-corrected chi connectivity index (χ0v) is 12.2. The lowest BCUT2D eigenvalue weighted by Gasteiger charge is -2.17.